The Morgan fingerprint density at radius 3 is 2.71 bits per heavy atom. The third-order valence-corrected chi connectivity index (χ3v) is 3.36. The lowest BCUT2D eigenvalue weighted by atomic mass is 10.0. The fourth-order valence-electron chi connectivity index (χ4n) is 2.34. The van der Waals surface area contributed by atoms with Gasteiger partial charge in [0.2, 0.25) is 0 Å². The molecule has 0 unspecified atom stereocenters. The van der Waals surface area contributed by atoms with Gasteiger partial charge in [0.1, 0.15) is 0 Å². The first kappa shape index (κ1) is 13.2. The molecule has 0 aliphatic carbocycles. The highest BCUT2D eigenvalue weighted by molar-refractivity contribution is 5.79. The molecule has 2 heterocycles. The van der Waals surface area contributed by atoms with Crippen molar-refractivity contribution in [2.24, 2.45) is 0 Å². The molecule has 1 aliphatic heterocycles. The summed E-state index contributed by atoms with van der Waals surface area (Å²) in [6.45, 7) is 6.11. The summed E-state index contributed by atoms with van der Waals surface area (Å²) < 4.78 is 5.38. The van der Waals surface area contributed by atoms with Crippen LogP contribution >= 0.6 is 0 Å². The lowest BCUT2D eigenvalue weighted by molar-refractivity contribution is 0.522. The summed E-state index contributed by atoms with van der Waals surface area (Å²) in [5.74, 6) is 0.722. The van der Waals surface area contributed by atoms with Gasteiger partial charge >= 0.3 is 0 Å². The van der Waals surface area contributed by atoms with Gasteiger partial charge in [-0.1, -0.05) is 43.0 Å². The molecule has 0 spiro atoms. The highest BCUT2D eigenvalue weighted by Gasteiger charge is 2.17. The molecule has 1 aliphatic rings. The molecule has 3 nitrogen and oxygen atoms in total. The van der Waals surface area contributed by atoms with Crippen molar-refractivity contribution in [3.05, 3.63) is 91.0 Å². The van der Waals surface area contributed by atoms with E-state index in [4.69, 9.17) is 4.42 Å². The quantitative estimate of drug-likeness (QED) is 0.828. The second-order valence-electron chi connectivity index (χ2n) is 4.68. The molecule has 0 amide bonds. The Hall–Kier alpha value is -2.81. The van der Waals surface area contributed by atoms with Gasteiger partial charge in [0.25, 0.3) is 0 Å². The van der Waals surface area contributed by atoms with Crippen molar-refractivity contribution in [1.29, 1.82) is 0 Å². The Balaban J connectivity index is 1.89. The number of benzene rings is 1. The summed E-state index contributed by atoms with van der Waals surface area (Å²) >= 11 is 0. The molecule has 21 heavy (non-hydrogen) atoms. The van der Waals surface area contributed by atoms with Crippen molar-refractivity contribution in [3.63, 3.8) is 0 Å². The third kappa shape index (κ3) is 2.58. The minimum absolute atomic E-state index is 0.722. The van der Waals surface area contributed by atoms with E-state index in [1.165, 1.54) is 12.0 Å². The first-order valence-corrected chi connectivity index (χ1v) is 6.78. The van der Waals surface area contributed by atoms with E-state index in [9.17, 15) is 0 Å². The number of hydrogen-bond donors (Lipinski definition) is 0. The van der Waals surface area contributed by atoms with Gasteiger partial charge in [-0.25, -0.2) is 4.98 Å². The van der Waals surface area contributed by atoms with Crippen LogP contribution in [-0.2, 0) is 0 Å². The molecule has 0 saturated heterocycles. The van der Waals surface area contributed by atoms with Crippen LogP contribution < -0.4 is 0 Å². The van der Waals surface area contributed by atoms with Gasteiger partial charge < -0.3 is 9.32 Å². The van der Waals surface area contributed by atoms with Crippen LogP contribution in [0.15, 0.2) is 84.0 Å². The SMILES string of the molecule is C=C1C=C(c2ccccc2)C=CN1/C(=C\C)c1cnco1. The summed E-state index contributed by atoms with van der Waals surface area (Å²) in [5.41, 5.74) is 4.14. The Kier molecular flexibility index (Phi) is 3.56. The summed E-state index contributed by atoms with van der Waals surface area (Å²) in [6.07, 6.45) is 11.3. The number of nitrogens with zero attached hydrogens (tertiary/aromatic N) is 2. The van der Waals surface area contributed by atoms with Gasteiger partial charge in [0.15, 0.2) is 12.2 Å². The van der Waals surface area contributed by atoms with E-state index in [0.29, 0.717) is 0 Å². The van der Waals surface area contributed by atoms with Crippen LogP contribution in [0.4, 0.5) is 0 Å². The van der Waals surface area contributed by atoms with E-state index in [1.807, 2.05) is 42.3 Å². The molecular formula is C18H16N2O. The molecule has 3 rings (SSSR count). The molecule has 1 aromatic carbocycles. The maximum Gasteiger partial charge on any atom is 0.181 e. The zero-order valence-corrected chi connectivity index (χ0v) is 11.9. The van der Waals surface area contributed by atoms with Crippen molar-refractivity contribution < 1.29 is 4.42 Å². The molecule has 1 aromatic heterocycles. The van der Waals surface area contributed by atoms with Crippen molar-refractivity contribution in [1.82, 2.24) is 9.88 Å². The number of hydrogen-bond acceptors (Lipinski definition) is 3. The van der Waals surface area contributed by atoms with Crippen molar-refractivity contribution in [2.45, 2.75) is 6.92 Å². The highest BCUT2D eigenvalue weighted by Crippen LogP contribution is 2.30. The Bertz CT molecular complexity index is 722. The number of allylic oxidation sites excluding steroid dienone is 4. The van der Waals surface area contributed by atoms with Crippen LogP contribution in [0.25, 0.3) is 11.3 Å². The largest absolute Gasteiger partial charge is 0.442 e. The maximum absolute atomic E-state index is 5.38. The van der Waals surface area contributed by atoms with E-state index >= 15 is 0 Å². The molecule has 0 N–H and O–H groups in total. The summed E-state index contributed by atoms with van der Waals surface area (Å²) in [7, 11) is 0. The van der Waals surface area contributed by atoms with Crippen LogP contribution in [0.2, 0.25) is 0 Å². The smallest absolute Gasteiger partial charge is 0.181 e. The van der Waals surface area contributed by atoms with Gasteiger partial charge in [-0.15, -0.1) is 0 Å². The third-order valence-electron chi connectivity index (χ3n) is 3.36. The van der Waals surface area contributed by atoms with E-state index < -0.39 is 0 Å². The Morgan fingerprint density at radius 1 is 1.29 bits per heavy atom. The van der Waals surface area contributed by atoms with Crippen LogP contribution in [0.3, 0.4) is 0 Å². The zero-order valence-electron chi connectivity index (χ0n) is 11.9. The minimum Gasteiger partial charge on any atom is -0.442 e. The zero-order chi connectivity index (χ0) is 14.7. The standard InChI is InChI=1S/C18H16N2O/c1-3-17(18-12-19-13-21-18)20-10-9-16(11-14(20)2)15-7-5-4-6-8-15/h3-13H,2H2,1H3/b17-3-. The van der Waals surface area contributed by atoms with Crippen molar-refractivity contribution >= 4 is 11.3 Å². The van der Waals surface area contributed by atoms with Gasteiger partial charge in [-0.3, -0.25) is 0 Å². The van der Waals surface area contributed by atoms with Crippen molar-refractivity contribution in [3.8, 4) is 0 Å². The van der Waals surface area contributed by atoms with E-state index in [0.717, 1.165) is 22.7 Å². The Labute approximate surface area is 124 Å². The topological polar surface area (TPSA) is 29.3 Å². The van der Waals surface area contributed by atoms with Crippen molar-refractivity contribution in [2.75, 3.05) is 0 Å². The summed E-state index contributed by atoms with van der Waals surface area (Å²) in [4.78, 5) is 5.96. The molecule has 3 heteroatoms. The second kappa shape index (κ2) is 5.67. The molecule has 2 aromatic rings. The van der Waals surface area contributed by atoms with E-state index in [-0.39, 0.29) is 0 Å². The van der Waals surface area contributed by atoms with Crippen LogP contribution in [0.1, 0.15) is 18.2 Å². The molecule has 104 valence electrons. The number of aromatic nitrogens is 1. The van der Waals surface area contributed by atoms with Gasteiger partial charge in [0.05, 0.1) is 11.9 Å². The minimum atomic E-state index is 0.722. The van der Waals surface area contributed by atoms with Gasteiger partial charge in [-0.2, -0.15) is 0 Å². The van der Waals surface area contributed by atoms with E-state index in [1.54, 1.807) is 6.20 Å². The fourth-order valence-corrected chi connectivity index (χ4v) is 2.34. The first-order chi connectivity index (χ1) is 10.3. The predicted octanol–water partition coefficient (Wildman–Crippen LogP) is 4.46. The average molecular weight is 276 g/mol. The first-order valence-electron chi connectivity index (χ1n) is 6.78. The average Bonchev–Trinajstić information content (AvgIpc) is 3.04. The molecule has 0 atom stereocenters. The Morgan fingerprint density at radius 2 is 2.10 bits per heavy atom. The van der Waals surface area contributed by atoms with Gasteiger partial charge in [0, 0.05) is 11.9 Å². The van der Waals surface area contributed by atoms with Gasteiger partial charge in [-0.05, 0) is 30.2 Å². The molecule has 0 saturated carbocycles. The fraction of sp³-hybridized carbons (Fsp3) is 0.0556. The number of oxazole rings is 1. The molecular weight excluding hydrogens is 260 g/mol. The monoisotopic (exact) mass is 276 g/mol. The second-order valence-corrected chi connectivity index (χ2v) is 4.68. The lowest BCUT2D eigenvalue weighted by Crippen LogP contribution is -2.15. The van der Waals surface area contributed by atoms with Crippen LogP contribution in [0, 0.1) is 0 Å². The molecule has 0 fully saturated rings. The molecule has 0 bridgehead atoms. The maximum atomic E-state index is 5.38. The summed E-state index contributed by atoms with van der Waals surface area (Å²) in [5, 5.41) is 0. The number of rotatable bonds is 3. The predicted molar refractivity (Wildman–Crippen MR) is 84.7 cm³/mol. The molecule has 0 radical (unpaired) electrons. The van der Waals surface area contributed by atoms with Crippen LogP contribution in [-0.4, -0.2) is 9.88 Å². The van der Waals surface area contributed by atoms with Crippen LogP contribution in [0.5, 0.6) is 0 Å². The lowest BCUT2D eigenvalue weighted by Gasteiger charge is -2.26. The summed E-state index contributed by atoms with van der Waals surface area (Å²) in [6, 6.07) is 10.3. The normalized spacial score (nSPS) is 15.3. The highest BCUT2D eigenvalue weighted by atomic mass is 16.3. The van der Waals surface area contributed by atoms with E-state index in [2.05, 4.69) is 35.8 Å².